The van der Waals surface area contributed by atoms with Crippen molar-refractivity contribution in [1.29, 1.82) is 0 Å². The molecule has 0 fully saturated rings. The largest absolute Gasteiger partial charge is 0.497 e. The van der Waals surface area contributed by atoms with Gasteiger partial charge in [-0.3, -0.25) is 0 Å². The van der Waals surface area contributed by atoms with Crippen LogP contribution in [0.15, 0.2) is 42.5 Å². The molecule has 0 saturated heterocycles. The zero-order chi connectivity index (χ0) is 13.0. The molecule has 2 aromatic rings. The van der Waals surface area contributed by atoms with E-state index in [2.05, 4.69) is 11.4 Å². The first kappa shape index (κ1) is 12.3. The summed E-state index contributed by atoms with van der Waals surface area (Å²) >= 11 is 0. The number of nitrogens with one attached hydrogen (secondary N) is 1. The Morgan fingerprint density at radius 1 is 0.889 bits per heavy atom. The molecule has 0 unspecified atom stereocenters. The Balaban J connectivity index is 2.60. The molecule has 18 heavy (non-hydrogen) atoms. The van der Waals surface area contributed by atoms with Crippen LogP contribution >= 0.6 is 0 Å². The summed E-state index contributed by atoms with van der Waals surface area (Å²) in [5.74, 6) is 1.65. The molecule has 0 aliphatic heterocycles. The molecule has 0 spiro atoms. The van der Waals surface area contributed by atoms with Gasteiger partial charge < -0.3 is 14.8 Å². The van der Waals surface area contributed by atoms with Crippen LogP contribution in [-0.2, 0) is 0 Å². The van der Waals surface area contributed by atoms with Crippen LogP contribution in [0.25, 0.3) is 11.1 Å². The van der Waals surface area contributed by atoms with Crippen molar-refractivity contribution < 1.29 is 9.47 Å². The maximum atomic E-state index is 5.42. The van der Waals surface area contributed by atoms with Crippen LogP contribution in [0.4, 0.5) is 5.69 Å². The molecule has 1 N–H and O–H groups in total. The summed E-state index contributed by atoms with van der Waals surface area (Å²) in [5.41, 5.74) is 3.17. The Morgan fingerprint density at radius 2 is 1.67 bits per heavy atom. The van der Waals surface area contributed by atoms with Crippen molar-refractivity contribution in [1.82, 2.24) is 0 Å². The van der Waals surface area contributed by atoms with Gasteiger partial charge in [0.05, 0.1) is 14.2 Å². The van der Waals surface area contributed by atoms with Gasteiger partial charge in [0.15, 0.2) is 0 Å². The lowest BCUT2D eigenvalue weighted by Crippen LogP contribution is -1.94. The summed E-state index contributed by atoms with van der Waals surface area (Å²) < 4.78 is 10.7. The second kappa shape index (κ2) is 5.45. The molecule has 0 heterocycles. The van der Waals surface area contributed by atoms with Crippen molar-refractivity contribution in [2.45, 2.75) is 0 Å². The second-order valence-electron chi connectivity index (χ2n) is 3.86. The van der Waals surface area contributed by atoms with Crippen molar-refractivity contribution in [3.63, 3.8) is 0 Å². The van der Waals surface area contributed by atoms with Gasteiger partial charge in [-0.15, -0.1) is 0 Å². The molecular formula is C15H17NO2. The highest BCUT2D eigenvalue weighted by atomic mass is 16.5. The number of benzene rings is 2. The molecule has 3 nitrogen and oxygen atoms in total. The van der Waals surface area contributed by atoms with Gasteiger partial charge in [0.1, 0.15) is 11.5 Å². The van der Waals surface area contributed by atoms with E-state index in [9.17, 15) is 0 Å². The van der Waals surface area contributed by atoms with Crippen LogP contribution in [0, 0.1) is 0 Å². The van der Waals surface area contributed by atoms with Crippen molar-refractivity contribution in [3.05, 3.63) is 42.5 Å². The monoisotopic (exact) mass is 243 g/mol. The average molecular weight is 243 g/mol. The van der Waals surface area contributed by atoms with E-state index in [-0.39, 0.29) is 0 Å². The first-order valence-electron chi connectivity index (χ1n) is 5.79. The summed E-state index contributed by atoms with van der Waals surface area (Å²) in [6.45, 7) is 0. The fourth-order valence-corrected chi connectivity index (χ4v) is 1.96. The van der Waals surface area contributed by atoms with Gasteiger partial charge in [-0.05, 0) is 24.3 Å². The van der Waals surface area contributed by atoms with Crippen molar-refractivity contribution in [2.75, 3.05) is 26.6 Å². The molecule has 0 atom stereocenters. The van der Waals surface area contributed by atoms with Gasteiger partial charge in [-0.25, -0.2) is 0 Å². The predicted octanol–water partition coefficient (Wildman–Crippen LogP) is 3.41. The van der Waals surface area contributed by atoms with E-state index in [1.165, 1.54) is 0 Å². The molecule has 0 amide bonds. The normalized spacial score (nSPS) is 9.94. The lowest BCUT2D eigenvalue weighted by molar-refractivity contribution is 0.404. The van der Waals surface area contributed by atoms with Crippen LogP contribution in [0.2, 0.25) is 0 Å². The Kier molecular flexibility index (Phi) is 3.72. The minimum atomic E-state index is 0.816. The van der Waals surface area contributed by atoms with E-state index in [4.69, 9.17) is 9.47 Å². The summed E-state index contributed by atoms with van der Waals surface area (Å²) in [4.78, 5) is 0. The number of hydrogen-bond donors (Lipinski definition) is 1. The molecule has 0 aliphatic rings. The Labute approximate surface area is 107 Å². The van der Waals surface area contributed by atoms with Gasteiger partial charge >= 0.3 is 0 Å². The molecule has 3 heteroatoms. The van der Waals surface area contributed by atoms with Gasteiger partial charge in [0.25, 0.3) is 0 Å². The fraction of sp³-hybridized carbons (Fsp3) is 0.200. The first-order valence-corrected chi connectivity index (χ1v) is 5.79. The van der Waals surface area contributed by atoms with Gasteiger partial charge in [0.2, 0.25) is 0 Å². The van der Waals surface area contributed by atoms with Crippen LogP contribution in [-0.4, -0.2) is 21.3 Å². The van der Waals surface area contributed by atoms with Crippen molar-refractivity contribution in [3.8, 4) is 22.6 Å². The third-order valence-electron chi connectivity index (χ3n) is 2.89. The topological polar surface area (TPSA) is 30.5 Å². The summed E-state index contributed by atoms with van der Waals surface area (Å²) in [6.07, 6.45) is 0. The van der Waals surface area contributed by atoms with Crippen molar-refractivity contribution in [2.24, 2.45) is 0 Å². The van der Waals surface area contributed by atoms with E-state index in [1.807, 2.05) is 43.4 Å². The van der Waals surface area contributed by atoms with E-state index in [0.29, 0.717) is 0 Å². The molecule has 0 saturated carbocycles. The number of anilines is 1. The predicted molar refractivity (Wildman–Crippen MR) is 74.5 cm³/mol. The van der Waals surface area contributed by atoms with E-state index in [0.717, 1.165) is 28.3 Å². The zero-order valence-corrected chi connectivity index (χ0v) is 10.9. The first-order chi connectivity index (χ1) is 8.80. The lowest BCUT2D eigenvalue weighted by Gasteiger charge is -2.14. The van der Waals surface area contributed by atoms with Crippen LogP contribution in [0.5, 0.6) is 11.5 Å². The minimum Gasteiger partial charge on any atom is -0.497 e. The van der Waals surface area contributed by atoms with E-state index >= 15 is 0 Å². The fourth-order valence-electron chi connectivity index (χ4n) is 1.96. The quantitative estimate of drug-likeness (QED) is 0.892. The number of methoxy groups -OCH3 is 2. The lowest BCUT2D eigenvalue weighted by atomic mass is 10.0. The number of para-hydroxylation sites is 1. The van der Waals surface area contributed by atoms with Gasteiger partial charge in [-0.1, -0.05) is 18.2 Å². The van der Waals surface area contributed by atoms with Crippen LogP contribution in [0.3, 0.4) is 0 Å². The number of ether oxygens (including phenoxy) is 2. The van der Waals surface area contributed by atoms with E-state index < -0.39 is 0 Å². The summed E-state index contributed by atoms with van der Waals surface area (Å²) in [5, 5.41) is 3.19. The highest BCUT2D eigenvalue weighted by Crippen LogP contribution is 2.37. The second-order valence-corrected chi connectivity index (χ2v) is 3.86. The Hall–Kier alpha value is -2.16. The molecule has 2 rings (SSSR count). The molecule has 0 aliphatic carbocycles. The average Bonchev–Trinajstić information content (AvgIpc) is 2.46. The zero-order valence-electron chi connectivity index (χ0n) is 10.9. The minimum absolute atomic E-state index is 0.816. The standard InChI is InChI=1S/C15H17NO2/c1-16-14-7-5-4-6-12(14)13-10-11(17-2)8-9-15(13)18-3/h4-10,16H,1-3H3. The smallest absolute Gasteiger partial charge is 0.127 e. The van der Waals surface area contributed by atoms with E-state index in [1.54, 1.807) is 14.2 Å². The molecule has 2 aromatic carbocycles. The highest BCUT2D eigenvalue weighted by Gasteiger charge is 2.10. The molecule has 0 bridgehead atoms. The molecule has 0 radical (unpaired) electrons. The molecule has 0 aromatic heterocycles. The Morgan fingerprint density at radius 3 is 2.33 bits per heavy atom. The molecule has 94 valence electrons. The number of rotatable bonds is 4. The SMILES string of the molecule is CNc1ccccc1-c1cc(OC)ccc1OC. The highest BCUT2D eigenvalue weighted by molar-refractivity contribution is 5.82. The van der Waals surface area contributed by atoms with Crippen molar-refractivity contribution >= 4 is 5.69 Å². The third-order valence-corrected chi connectivity index (χ3v) is 2.89. The molecular weight excluding hydrogens is 226 g/mol. The summed E-state index contributed by atoms with van der Waals surface area (Å²) in [6, 6.07) is 13.9. The maximum Gasteiger partial charge on any atom is 0.127 e. The Bertz CT molecular complexity index is 538. The van der Waals surface area contributed by atoms with Crippen LogP contribution < -0.4 is 14.8 Å². The number of hydrogen-bond acceptors (Lipinski definition) is 3. The maximum absolute atomic E-state index is 5.42. The van der Waals surface area contributed by atoms with Crippen LogP contribution in [0.1, 0.15) is 0 Å². The third kappa shape index (κ3) is 2.25. The summed E-state index contributed by atoms with van der Waals surface area (Å²) in [7, 11) is 5.24. The van der Waals surface area contributed by atoms with Gasteiger partial charge in [0, 0.05) is 23.9 Å². The van der Waals surface area contributed by atoms with Gasteiger partial charge in [-0.2, -0.15) is 0 Å².